The molecule has 0 aromatic heterocycles. The van der Waals surface area contributed by atoms with E-state index >= 15 is 0 Å². The summed E-state index contributed by atoms with van der Waals surface area (Å²) in [6.45, 7) is 4.22. The van der Waals surface area contributed by atoms with Crippen LogP contribution in [0.25, 0.3) is 0 Å². The van der Waals surface area contributed by atoms with E-state index in [1.165, 1.54) is 12.0 Å². The molecule has 1 aromatic rings. The molecule has 2 fully saturated rings. The number of carbonyl (C=O) groups is 1. The maximum Gasteiger partial charge on any atom is 0.230 e. The molecule has 0 bridgehead atoms. The molecule has 3 rings (SSSR count). The second-order valence-electron chi connectivity index (χ2n) is 7.20. The van der Waals surface area contributed by atoms with Crippen molar-refractivity contribution in [2.45, 2.75) is 56.9 Å². The Labute approximate surface area is 159 Å². The van der Waals surface area contributed by atoms with Gasteiger partial charge in [-0.25, -0.2) is 0 Å². The van der Waals surface area contributed by atoms with Gasteiger partial charge in [0, 0.05) is 10.5 Å². The van der Waals surface area contributed by atoms with Crippen molar-refractivity contribution in [3.05, 3.63) is 34.3 Å². The molecule has 134 valence electrons. The fraction of sp³-hybridized carbons (Fsp3) is 0.632. The van der Waals surface area contributed by atoms with Crippen molar-refractivity contribution in [3.8, 4) is 0 Å². The summed E-state index contributed by atoms with van der Waals surface area (Å²) in [6.07, 6.45) is 6.49. The van der Waals surface area contributed by atoms with E-state index in [0.717, 1.165) is 49.7 Å². The second-order valence-corrected chi connectivity index (χ2v) is 8.12. The van der Waals surface area contributed by atoms with E-state index in [-0.39, 0.29) is 23.7 Å². The van der Waals surface area contributed by atoms with Crippen LogP contribution >= 0.6 is 28.3 Å². The summed E-state index contributed by atoms with van der Waals surface area (Å²) in [5.41, 5.74) is 0.831. The molecule has 1 saturated carbocycles. The Bertz CT molecular complexity index is 560. The van der Waals surface area contributed by atoms with Crippen LogP contribution in [0.5, 0.6) is 0 Å². The first-order chi connectivity index (χ1) is 11.1. The van der Waals surface area contributed by atoms with Crippen molar-refractivity contribution in [1.29, 1.82) is 0 Å². The van der Waals surface area contributed by atoms with E-state index in [9.17, 15) is 4.79 Å². The van der Waals surface area contributed by atoms with Crippen molar-refractivity contribution in [3.63, 3.8) is 0 Å². The van der Waals surface area contributed by atoms with Crippen LogP contribution in [0, 0.1) is 5.92 Å². The largest absolute Gasteiger partial charge is 0.352 e. The normalized spacial score (nSPS) is 26.2. The Morgan fingerprint density at radius 2 is 2.04 bits per heavy atom. The van der Waals surface area contributed by atoms with E-state index in [4.69, 9.17) is 0 Å². The van der Waals surface area contributed by atoms with Crippen LogP contribution in [0.4, 0.5) is 0 Å². The van der Waals surface area contributed by atoms with Gasteiger partial charge in [-0.05, 0) is 56.0 Å². The van der Waals surface area contributed by atoms with Gasteiger partial charge < -0.3 is 10.6 Å². The Morgan fingerprint density at radius 3 is 2.71 bits per heavy atom. The number of piperidine rings is 1. The second kappa shape index (κ2) is 8.68. The van der Waals surface area contributed by atoms with Crippen LogP contribution in [0.3, 0.4) is 0 Å². The first-order valence-corrected chi connectivity index (χ1v) is 9.69. The predicted octanol–water partition coefficient (Wildman–Crippen LogP) is 4.19. The molecule has 1 heterocycles. The molecule has 2 N–H and O–H groups in total. The first kappa shape index (κ1) is 19.7. The number of carbonyl (C=O) groups excluding carboxylic acids is 1. The lowest BCUT2D eigenvalue weighted by molar-refractivity contribution is -0.129. The van der Waals surface area contributed by atoms with Gasteiger partial charge in [-0.2, -0.15) is 0 Å². The SMILES string of the molecule is CC1CNCCC1NC(=O)C1(c2cccc(Br)c2)CCCCC1.Cl. The van der Waals surface area contributed by atoms with Gasteiger partial charge in [0.05, 0.1) is 5.41 Å². The highest BCUT2D eigenvalue weighted by Gasteiger charge is 2.42. The van der Waals surface area contributed by atoms with E-state index in [0.29, 0.717) is 12.0 Å². The van der Waals surface area contributed by atoms with Gasteiger partial charge in [0.15, 0.2) is 0 Å². The molecule has 0 radical (unpaired) electrons. The molecule has 2 unspecified atom stereocenters. The summed E-state index contributed by atoms with van der Waals surface area (Å²) in [4.78, 5) is 13.3. The summed E-state index contributed by atoms with van der Waals surface area (Å²) in [5, 5.41) is 6.81. The number of hydrogen-bond donors (Lipinski definition) is 2. The molecule has 5 heteroatoms. The van der Waals surface area contributed by atoms with Gasteiger partial charge in [0.1, 0.15) is 0 Å². The van der Waals surface area contributed by atoms with Gasteiger partial charge in [-0.3, -0.25) is 4.79 Å². The number of benzene rings is 1. The molecule has 0 spiro atoms. The number of nitrogens with one attached hydrogen (secondary N) is 2. The summed E-state index contributed by atoms with van der Waals surface area (Å²) in [6, 6.07) is 8.65. The maximum absolute atomic E-state index is 13.3. The minimum Gasteiger partial charge on any atom is -0.352 e. The average Bonchev–Trinajstić information content (AvgIpc) is 2.57. The standard InChI is InChI=1S/C19H27BrN2O.ClH/c1-14-13-21-11-8-17(14)22-18(23)19(9-3-2-4-10-19)15-6-5-7-16(20)12-15;/h5-7,12,14,17,21H,2-4,8-11,13H2,1H3,(H,22,23);1H. The van der Waals surface area contributed by atoms with Gasteiger partial charge in [0.2, 0.25) is 5.91 Å². The summed E-state index contributed by atoms with van der Waals surface area (Å²) >= 11 is 3.57. The van der Waals surface area contributed by atoms with Gasteiger partial charge in [-0.1, -0.05) is 54.2 Å². The molecule has 1 aliphatic heterocycles. The monoisotopic (exact) mass is 414 g/mol. The van der Waals surface area contributed by atoms with Gasteiger partial charge >= 0.3 is 0 Å². The Kier molecular flexibility index (Phi) is 7.14. The molecule has 1 aliphatic carbocycles. The lowest BCUT2D eigenvalue weighted by Crippen LogP contribution is -2.54. The van der Waals surface area contributed by atoms with E-state index in [2.05, 4.69) is 51.7 Å². The lowest BCUT2D eigenvalue weighted by atomic mass is 9.68. The van der Waals surface area contributed by atoms with Crippen LogP contribution < -0.4 is 10.6 Å². The Balaban J connectivity index is 0.00000208. The zero-order valence-electron chi connectivity index (χ0n) is 14.3. The molecule has 2 atom stereocenters. The van der Waals surface area contributed by atoms with Crippen molar-refractivity contribution in [2.24, 2.45) is 5.92 Å². The van der Waals surface area contributed by atoms with Crippen molar-refractivity contribution >= 4 is 34.2 Å². The summed E-state index contributed by atoms with van der Waals surface area (Å²) < 4.78 is 1.06. The predicted molar refractivity (Wildman–Crippen MR) is 105 cm³/mol. The molecular formula is C19H28BrClN2O. The molecule has 3 nitrogen and oxygen atoms in total. The third-order valence-electron chi connectivity index (χ3n) is 5.62. The highest BCUT2D eigenvalue weighted by atomic mass is 79.9. The van der Waals surface area contributed by atoms with E-state index in [1.807, 2.05) is 6.07 Å². The Hall–Kier alpha value is -0.580. The smallest absolute Gasteiger partial charge is 0.230 e. The number of hydrogen-bond acceptors (Lipinski definition) is 2. The van der Waals surface area contributed by atoms with Gasteiger partial charge in [0.25, 0.3) is 0 Å². The fourth-order valence-corrected chi connectivity index (χ4v) is 4.52. The summed E-state index contributed by atoms with van der Waals surface area (Å²) in [7, 11) is 0. The number of halogens is 2. The topological polar surface area (TPSA) is 41.1 Å². The quantitative estimate of drug-likeness (QED) is 0.777. The number of rotatable bonds is 3. The maximum atomic E-state index is 13.3. The summed E-state index contributed by atoms with van der Waals surface area (Å²) in [5.74, 6) is 0.741. The fourth-order valence-electron chi connectivity index (χ4n) is 4.12. The molecule has 1 saturated heterocycles. The van der Waals surface area contributed by atoms with Crippen LogP contribution in [0.2, 0.25) is 0 Å². The molecular weight excluding hydrogens is 388 g/mol. The van der Waals surface area contributed by atoms with Crippen LogP contribution in [-0.4, -0.2) is 25.0 Å². The Morgan fingerprint density at radius 1 is 1.29 bits per heavy atom. The van der Waals surface area contributed by atoms with Crippen LogP contribution in [-0.2, 0) is 10.2 Å². The zero-order valence-corrected chi connectivity index (χ0v) is 16.7. The van der Waals surface area contributed by atoms with E-state index < -0.39 is 0 Å². The van der Waals surface area contributed by atoms with Gasteiger partial charge in [-0.15, -0.1) is 12.4 Å². The first-order valence-electron chi connectivity index (χ1n) is 8.89. The third kappa shape index (κ3) is 4.14. The van der Waals surface area contributed by atoms with Crippen LogP contribution in [0.1, 0.15) is 51.0 Å². The highest BCUT2D eigenvalue weighted by Crippen LogP contribution is 2.40. The lowest BCUT2D eigenvalue weighted by Gasteiger charge is -2.39. The van der Waals surface area contributed by atoms with Crippen LogP contribution in [0.15, 0.2) is 28.7 Å². The van der Waals surface area contributed by atoms with Crippen molar-refractivity contribution < 1.29 is 4.79 Å². The average molecular weight is 416 g/mol. The molecule has 1 amide bonds. The van der Waals surface area contributed by atoms with Crippen molar-refractivity contribution in [2.75, 3.05) is 13.1 Å². The third-order valence-corrected chi connectivity index (χ3v) is 6.11. The number of amides is 1. The highest BCUT2D eigenvalue weighted by molar-refractivity contribution is 9.10. The zero-order chi connectivity index (χ0) is 16.3. The molecule has 2 aliphatic rings. The molecule has 1 aromatic carbocycles. The molecule has 24 heavy (non-hydrogen) atoms. The van der Waals surface area contributed by atoms with Crippen molar-refractivity contribution in [1.82, 2.24) is 10.6 Å². The minimum atomic E-state index is -0.341. The van der Waals surface area contributed by atoms with E-state index in [1.54, 1.807) is 0 Å². The minimum absolute atomic E-state index is 0.